The number of amides is 2. The van der Waals surface area contributed by atoms with Gasteiger partial charge in [0.05, 0.1) is 0 Å². The maximum Gasteiger partial charge on any atom is 0.253 e. The SMILES string of the molecule is CN(C(=O)c1ccc2nonc2c1)C1CCC(=O)CC1.CN(C(=O)c1ccc2nonc2c1)C1CCOCC1. The zero-order valence-corrected chi connectivity index (χ0v) is 21.9. The van der Waals surface area contributed by atoms with Crippen LogP contribution in [0.5, 0.6) is 0 Å². The van der Waals surface area contributed by atoms with Crippen LogP contribution in [-0.2, 0) is 9.53 Å². The third-order valence-corrected chi connectivity index (χ3v) is 7.44. The maximum atomic E-state index is 12.5. The number of carbonyl (C=O) groups is 3. The lowest BCUT2D eigenvalue weighted by Gasteiger charge is -2.31. The molecule has 6 rings (SSSR count). The first-order valence-electron chi connectivity index (χ1n) is 13.0. The van der Waals surface area contributed by atoms with Gasteiger partial charge in [-0.15, -0.1) is 0 Å². The summed E-state index contributed by atoms with van der Waals surface area (Å²) in [5.74, 6) is 0.225. The van der Waals surface area contributed by atoms with Crippen LogP contribution in [0, 0.1) is 0 Å². The predicted octanol–water partition coefficient (Wildman–Crippen LogP) is 3.28. The summed E-state index contributed by atoms with van der Waals surface area (Å²) in [6.45, 7) is 1.43. The second-order valence-electron chi connectivity index (χ2n) is 9.88. The van der Waals surface area contributed by atoms with Crippen molar-refractivity contribution in [3.05, 3.63) is 47.5 Å². The van der Waals surface area contributed by atoms with E-state index in [0.29, 0.717) is 59.2 Å². The fourth-order valence-electron chi connectivity index (χ4n) is 4.95. The van der Waals surface area contributed by atoms with Crippen LogP contribution in [0.25, 0.3) is 22.1 Å². The van der Waals surface area contributed by atoms with Crippen molar-refractivity contribution in [2.75, 3.05) is 27.3 Å². The standard InChI is InChI=1S/C14H15N3O3.C13H15N3O3/c1-17(10-3-5-11(18)6-4-10)14(19)9-2-7-12-13(8-9)16-20-15-12;1-16(10-4-6-18-7-5-10)13(17)9-2-3-11-12(8-9)15-19-14-11/h2,7-8,10H,3-6H2,1H3;2-3,8,10H,4-7H2,1H3. The van der Waals surface area contributed by atoms with Crippen LogP contribution in [0.3, 0.4) is 0 Å². The van der Waals surface area contributed by atoms with E-state index < -0.39 is 0 Å². The fraction of sp³-hybridized carbons (Fsp3) is 0.444. The molecule has 2 amide bonds. The molecule has 1 aliphatic carbocycles. The van der Waals surface area contributed by atoms with E-state index in [1.165, 1.54) is 0 Å². The molecule has 0 radical (unpaired) electrons. The van der Waals surface area contributed by atoms with Crippen molar-refractivity contribution in [1.29, 1.82) is 0 Å². The zero-order chi connectivity index (χ0) is 27.4. The van der Waals surface area contributed by atoms with E-state index >= 15 is 0 Å². The Balaban J connectivity index is 0.000000158. The number of ether oxygens (including phenoxy) is 1. The summed E-state index contributed by atoms with van der Waals surface area (Å²) in [5.41, 5.74) is 3.64. The minimum Gasteiger partial charge on any atom is -0.381 e. The molecule has 2 aliphatic rings. The van der Waals surface area contributed by atoms with Gasteiger partial charge in [0.15, 0.2) is 0 Å². The van der Waals surface area contributed by atoms with Crippen molar-refractivity contribution < 1.29 is 28.4 Å². The van der Waals surface area contributed by atoms with Crippen molar-refractivity contribution in [3.63, 3.8) is 0 Å². The first-order valence-corrected chi connectivity index (χ1v) is 13.0. The molecular weight excluding hydrogens is 504 g/mol. The Morgan fingerprint density at radius 3 is 1.62 bits per heavy atom. The fourth-order valence-corrected chi connectivity index (χ4v) is 4.95. The Labute approximate surface area is 224 Å². The van der Waals surface area contributed by atoms with Gasteiger partial charge in [-0.25, -0.2) is 9.26 Å². The summed E-state index contributed by atoms with van der Waals surface area (Å²) >= 11 is 0. The molecule has 39 heavy (non-hydrogen) atoms. The molecule has 2 aromatic heterocycles. The van der Waals surface area contributed by atoms with Crippen LogP contribution in [-0.4, -0.2) is 87.4 Å². The van der Waals surface area contributed by atoms with Crippen LogP contribution >= 0.6 is 0 Å². The number of benzene rings is 2. The van der Waals surface area contributed by atoms with Gasteiger partial charge in [-0.2, -0.15) is 0 Å². The molecule has 0 bridgehead atoms. The average molecular weight is 535 g/mol. The highest BCUT2D eigenvalue weighted by Gasteiger charge is 2.26. The van der Waals surface area contributed by atoms with E-state index in [-0.39, 0.29) is 29.7 Å². The number of aromatic nitrogens is 4. The number of hydrogen-bond donors (Lipinski definition) is 0. The monoisotopic (exact) mass is 534 g/mol. The minimum atomic E-state index is -0.0609. The first-order chi connectivity index (χ1) is 18.9. The normalized spacial score (nSPS) is 16.6. The zero-order valence-electron chi connectivity index (χ0n) is 21.9. The van der Waals surface area contributed by atoms with Crippen LogP contribution in [0.15, 0.2) is 45.7 Å². The average Bonchev–Trinajstić information content (AvgIpc) is 3.65. The summed E-state index contributed by atoms with van der Waals surface area (Å²) in [4.78, 5) is 39.6. The molecule has 0 spiro atoms. The molecule has 0 atom stereocenters. The molecular formula is C27H30N6O6. The summed E-state index contributed by atoms with van der Waals surface area (Å²) < 4.78 is 14.6. The summed E-state index contributed by atoms with van der Waals surface area (Å²) in [7, 11) is 3.62. The van der Waals surface area contributed by atoms with Crippen LogP contribution in [0.2, 0.25) is 0 Å². The largest absolute Gasteiger partial charge is 0.381 e. The summed E-state index contributed by atoms with van der Waals surface area (Å²) in [6.07, 6.45) is 4.39. The number of fused-ring (bicyclic) bond motifs is 2. The maximum absolute atomic E-state index is 12.5. The van der Waals surface area contributed by atoms with Gasteiger partial charge in [0.1, 0.15) is 27.9 Å². The van der Waals surface area contributed by atoms with Gasteiger partial charge in [-0.3, -0.25) is 14.4 Å². The molecule has 12 heteroatoms. The van der Waals surface area contributed by atoms with Crippen LogP contribution in [0.1, 0.15) is 59.2 Å². The van der Waals surface area contributed by atoms with E-state index in [4.69, 9.17) is 4.74 Å². The van der Waals surface area contributed by atoms with E-state index in [9.17, 15) is 14.4 Å². The Morgan fingerprint density at radius 2 is 1.13 bits per heavy atom. The Kier molecular flexibility index (Phi) is 7.92. The van der Waals surface area contributed by atoms with Crippen molar-refractivity contribution in [2.45, 2.75) is 50.6 Å². The number of nitrogens with zero attached hydrogens (tertiary/aromatic N) is 6. The second-order valence-corrected chi connectivity index (χ2v) is 9.88. The summed E-state index contributed by atoms with van der Waals surface area (Å²) in [5, 5.41) is 14.9. The van der Waals surface area contributed by atoms with E-state index in [2.05, 4.69) is 29.9 Å². The van der Waals surface area contributed by atoms with E-state index in [0.717, 1.165) is 25.7 Å². The molecule has 3 heterocycles. The lowest BCUT2D eigenvalue weighted by atomic mass is 9.93. The van der Waals surface area contributed by atoms with Crippen molar-refractivity contribution in [1.82, 2.24) is 30.4 Å². The van der Waals surface area contributed by atoms with E-state index in [1.54, 1.807) is 53.2 Å². The van der Waals surface area contributed by atoms with Gasteiger partial charge in [-0.1, -0.05) is 0 Å². The van der Waals surface area contributed by atoms with Gasteiger partial charge >= 0.3 is 0 Å². The third-order valence-electron chi connectivity index (χ3n) is 7.44. The molecule has 1 saturated heterocycles. The Hall–Kier alpha value is -4.19. The predicted molar refractivity (Wildman–Crippen MR) is 139 cm³/mol. The highest BCUT2D eigenvalue weighted by atomic mass is 16.6. The molecule has 1 saturated carbocycles. The quantitative estimate of drug-likeness (QED) is 0.382. The van der Waals surface area contributed by atoms with E-state index in [1.807, 2.05) is 7.05 Å². The smallest absolute Gasteiger partial charge is 0.253 e. The van der Waals surface area contributed by atoms with Gasteiger partial charge in [0.25, 0.3) is 11.8 Å². The molecule has 0 N–H and O–H groups in total. The number of ketones is 1. The highest BCUT2D eigenvalue weighted by Crippen LogP contribution is 2.22. The van der Waals surface area contributed by atoms with Crippen LogP contribution in [0.4, 0.5) is 0 Å². The van der Waals surface area contributed by atoms with Gasteiger partial charge in [-0.05, 0) is 82.7 Å². The lowest BCUT2D eigenvalue weighted by Crippen LogP contribution is -2.40. The minimum absolute atomic E-state index is 0.00296. The number of carbonyl (C=O) groups excluding carboxylic acids is 3. The molecule has 1 aliphatic heterocycles. The summed E-state index contributed by atoms with van der Waals surface area (Å²) in [6, 6.07) is 10.7. The Morgan fingerprint density at radius 1 is 0.692 bits per heavy atom. The number of Topliss-reactive ketones (excluding diaryl/α,β-unsaturated/α-hetero) is 1. The third kappa shape index (κ3) is 5.95. The second kappa shape index (κ2) is 11.7. The molecule has 4 aromatic rings. The highest BCUT2D eigenvalue weighted by molar-refractivity contribution is 5.98. The topological polar surface area (TPSA) is 145 Å². The van der Waals surface area contributed by atoms with Crippen molar-refractivity contribution >= 4 is 39.7 Å². The van der Waals surface area contributed by atoms with Crippen molar-refractivity contribution in [2.24, 2.45) is 0 Å². The lowest BCUT2D eigenvalue weighted by molar-refractivity contribution is -0.121. The Bertz CT molecular complexity index is 1470. The molecule has 0 unspecified atom stereocenters. The van der Waals surface area contributed by atoms with Gasteiger partial charge in [0.2, 0.25) is 0 Å². The van der Waals surface area contributed by atoms with Crippen molar-refractivity contribution in [3.8, 4) is 0 Å². The molecule has 2 aromatic carbocycles. The van der Waals surface area contributed by atoms with Crippen LogP contribution < -0.4 is 0 Å². The van der Waals surface area contributed by atoms with Gasteiger partial charge < -0.3 is 14.5 Å². The number of hydrogen-bond acceptors (Lipinski definition) is 10. The molecule has 12 nitrogen and oxygen atoms in total. The molecule has 204 valence electrons. The van der Waals surface area contributed by atoms with Gasteiger partial charge in [0, 0.05) is 63.4 Å². The number of rotatable bonds is 4. The molecule has 2 fully saturated rings. The first kappa shape index (κ1) is 26.4.